The average Bonchev–Trinajstić information content (AvgIpc) is 3.11. The van der Waals surface area contributed by atoms with Crippen LogP contribution in [0.1, 0.15) is 187 Å². The summed E-state index contributed by atoms with van der Waals surface area (Å²) in [6.45, 7) is 3.47. The van der Waals surface area contributed by atoms with E-state index >= 15 is 0 Å². The maximum absolute atomic E-state index is 12.8. The minimum Gasteiger partial charge on any atom is -0.394 e. The molecule has 0 aromatic carbocycles. The molecule has 1 fully saturated rings. The predicted octanol–water partition coefficient (Wildman–Crippen LogP) is 6.58. The SMILES string of the molecule is CCCCCCCCCCCCCCCCCCCCCCCC(=O)N[C@@H](CO[C@H]1O[C@H](CO)[C@H](O)[C@H](O)[C@H]1O)[C@H](O)[C@H](O)CCCCCC. The van der Waals surface area contributed by atoms with E-state index in [0.29, 0.717) is 6.42 Å². The van der Waals surface area contributed by atoms with Crippen LogP contribution < -0.4 is 5.32 Å². The topological polar surface area (TPSA) is 169 Å². The van der Waals surface area contributed by atoms with Gasteiger partial charge in [0.05, 0.1) is 25.4 Å². The van der Waals surface area contributed by atoms with E-state index < -0.39 is 55.6 Å². The second-order valence-electron chi connectivity index (χ2n) is 14.9. The van der Waals surface area contributed by atoms with E-state index in [1.807, 2.05) is 0 Å². The molecule has 10 heteroatoms. The van der Waals surface area contributed by atoms with E-state index in [9.17, 15) is 35.4 Å². The smallest absolute Gasteiger partial charge is 0.220 e. The van der Waals surface area contributed by atoms with Crippen LogP contribution in [0, 0.1) is 0 Å². The monoisotopic (exact) mass is 718 g/mol. The summed E-state index contributed by atoms with van der Waals surface area (Å²) in [6, 6.07) is -0.981. The number of amides is 1. The van der Waals surface area contributed by atoms with Gasteiger partial charge >= 0.3 is 0 Å². The summed E-state index contributed by atoms with van der Waals surface area (Å²) in [6.07, 6.45) is 21.9. The van der Waals surface area contributed by atoms with Crippen LogP contribution in [-0.4, -0.2) is 98.7 Å². The zero-order valence-corrected chi connectivity index (χ0v) is 32.0. The Balaban J connectivity index is 2.23. The van der Waals surface area contributed by atoms with Crippen molar-refractivity contribution in [2.75, 3.05) is 13.2 Å². The number of carbonyl (C=O) groups is 1. The zero-order valence-electron chi connectivity index (χ0n) is 32.0. The number of aliphatic hydroxyl groups excluding tert-OH is 6. The van der Waals surface area contributed by atoms with Crippen molar-refractivity contribution in [2.45, 2.75) is 236 Å². The van der Waals surface area contributed by atoms with Gasteiger partial charge in [-0.3, -0.25) is 4.79 Å². The first-order chi connectivity index (χ1) is 24.3. The quantitative estimate of drug-likeness (QED) is 0.0364. The molecular weight excluding hydrogens is 638 g/mol. The molecule has 1 heterocycles. The second-order valence-corrected chi connectivity index (χ2v) is 14.9. The van der Waals surface area contributed by atoms with Crippen molar-refractivity contribution in [1.82, 2.24) is 5.32 Å². The Bertz CT molecular complexity index is 773. The summed E-state index contributed by atoms with van der Waals surface area (Å²) in [7, 11) is 0. The van der Waals surface area contributed by atoms with E-state index in [2.05, 4.69) is 19.2 Å². The molecule has 0 spiro atoms. The normalized spacial score (nSPS) is 22.8. The fourth-order valence-electron chi connectivity index (χ4n) is 6.84. The van der Waals surface area contributed by atoms with Crippen molar-refractivity contribution in [2.24, 2.45) is 0 Å². The summed E-state index contributed by atoms with van der Waals surface area (Å²) in [5.74, 6) is -0.262. The van der Waals surface area contributed by atoms with Gasteiger partial charge in [-0.25, -0.2) is 0 Å². The Kier molecular flexibility index (Phi) is 29.9. The van der Waals surface area contributed by atoms with Crippen LogP contribution in [-0.2, 0) is 14.3 Å². The number of hydrogen-bond donors (Lipinski definition) is 7. The molecule has 8 atom stereocenters. The lowest BCUT2D eigenvalue weighted by molar-refractivity contribution is -0.303. The third-order valence-electron chi connectivity index (χ3n) is 10.3. The predicted molar refractivity (Wildman–Crippen MR) is 200 cm³/mol. The van der Waals surface area contributed by atoms with Gasteiger partial charge in [0.1, 0.15) is 30.5 Å². The van der Waals surface area contributed by atoms with Crippen LogP contribution in [0.5, 0.6) is 0 Å². The summed E-state index contributed by atoms with van der Waals surface area (Å²) in [5, 5.41) is 64.3. The highest BCUT2D eigenvalue weighted by atomic mass is 16.7. The largest absolute Gasteiger partial charge is 0.394 e. The number of nitrogens with one attached hydrogen (secondary N) is 1. The number of rotatable bonds is 34. The fourth-order valence-corrected chi connectivity index (χ4v) is 6.84. The molecule has 0 unspecified atom stereocenters. The van der Waals surface area contributed by atoms with Crippen molar-refractivity contribution in [3.63, 3.8) is 0 Å². The molecule has 10 nitrogen and oxygen atoms in total. The molecule has 0 aromatic rings. The van der Waals surface area contributed by atoms with Gasteiger partial charge in [-0.15, -0.1) is 0 Å². The summed E-state index contributed by atoms with van der Waals surface area (Å²) >= 11 is 0. The first kappa shape index (κ1) is 47.2. The number of unbranched alkanes of at least 4 members (excludes halogenated alkanes) is 23. The van der Waals surface area contributed by atoms with Crippen LogP contribution in [0.3, 0.4) is 0 Å². The highest BCUT2D eigenvalue weighted by Crippen LogP contribution is 2.23. The lowest BCUT2D eigenvalue weighted by atomic mass is 9.98. The molecule has 1 aliphatic heterocycles. The first-order valence-electron chi connectivity index (χ1n) is 20.8. The molecule has 298 valence electrons. The highest BCUT2D eigenvalue weighted by Gasteiger charge is 2.44. The minimum absolute atomic E-state index is 0.262. The van der Waals surface area contributed by atoms with E-state index in [-0.39, 0.29) is 18.9 Å². The van der Waals surface area contributed by atoms with E-state index in [1.165, 1.54) is 116 Å². The molecule has 0 bridgehead atoms. The molecule has 50 heavy (non-hydrogen) atoms. The summed E-state index contributed by atoms with van der Waals surface area (Å²) in [4.78, 5) is 12.8. The third kappa shape index (κ3) is 22.3. The lowest BCUT2D eigenvalue weighted by Crippen LogP contribution is -2.60. The van der Waals surface area contributed by atoms with Crippen molar-refractivity contribution < 1.29 is 44.9 Å². The molecule has 0 saturated carbocycles. The van der Waals surface area contributed by atoms with Gasteiger partial charge in [-0.1, -0.05) is 168 Å². The van der Waals surface area contributed by atoms with Crippen molar-refractivity contribution in [3.05, 3.63) is 0 Å². The molecule has 0 aromatic heterocycles. The highest BCUT2D eigenvalue weighted by molar-refractivity contribution is 5.76. The average molecular weight is 718 g/mol. The maximum Gasteiger partial charge on any atom is 0.220 e. The van der Waals surface area contributed by atoms with Crippen LogP contribution >= 0.6 is 0 Å². The van der Waals surface area contributed by atoms with Gasteiger partial charge in [0.2, 0.25) is 5.91 Å². The lowest BCUT2D eigenvalue weighted by Gasteiger charge is -2.40. The van der Waals surface area contributed by atoms with Crippen LogP contribution in [0.15, 0.2) is 0 Å². The molecule has 7 N–H and O–H groups in total. The van der Waals surface area contributed by atoms with E-state index in [4.69, 9.17) is 9.47 Å². The maximum atomic E-state index is 12.8. The number of carbonyl (C=O) groups excluding carboxylic acids is 1. The van der Waals surface area contributed by atoms with Gasteiger partial charge < -0.3 is 45.4 Å². The molecule has 0 radical (unpaired) electrons. The van der Waals surface area contributed by atoms with E-state index in [0.717, 1.165) is 44.9 Å². The Morgan fingerprint density at radius 3 is 1.48 bits per heavy atom. The van der Waals surface area contributed by atoms with Crippen LogP contribution in [0.4, 0.5) is 0 Å². The molecular formula is C40H79NO9. The van der Waals surface area contributed by atoms with Gasteiger partial charge in [-0.2, -0.15) is 0 Å². The van der Waals surface area contributed by atoms with Gasteiger partial charge in [0.25, 0.3) is 0 Å². The Morgan fingerprint density at radius 2 is 1.04 bits per heavy atom. The summed E-state index contributed by atoms with van der Waals surface area (Å²) < 4.78 is 11.0. The Labute approximate surface area is 305 Å². The van der Waals surface area contributed by atoms with Crippen molar-refractivity contribution in [3.8, 4) is 0 Å². The molecule has 1 rings (SSSR count). The fraction of sp³-hybridized carbons (Fsp3) is 0.975. The third-order valence-corrected chi connectivity index (χ3v) is 10.3. The molecule has 0 aliphatic carbocycles. The first-order valence-corrected chi connectivity index (χ1v) is 20.8. The Hall–Kier alpha value is -0.850. The Morgan fingerprint density at radius 1 is 0.620 bits per heavy atom. The van der Waals surface area contributed by atoms with Crippen LogP contribution in [0.2, 0.25) is 0 Å². The molecule has 1 aliphatic rings. The number of aliphatic hydroxyl groups is 6. The standard InChI is InChI=1S/C40H79NO9/c1-3-5-7-9-10-11-12-13-14-15-16-17-18-19-20-21-22-23-24-25-27-29-35(44)41-32(36(45)33(43)28-26-8-6-4-2)31-49-40-39(48)38(47)37(46)34(30-42)50-40/h32-34,36-40,42-43,45-48H,3-31H2,1-2H3,(H,41,44)/t32-,33+,34+,36-,37-,38-,39+,40-/m0/s1. The minimum atomic E-state index is -1.60. The number of hydrogen-bond acceptors (Lipinski definition) is 9. The molecule has 1 amide bonds. The van der Waals surface area contributed by atoms with Crippen molar-refractivity contribution >= 4 is 5.91 Å². The van der Waals surface area contributed by atoms with Gasteiger partial charge in [0, 0.05) is 6.42 Å². The second kappa shape index (κ2) is 31.7. The van der Waals surface area contributed by atoms with Crippen LogP contribution in [0.25, 0.3) is 0 Å². The number of ether oxygens (including phenoxy) is 2. The molecule has 1 saturated heterocycles. The van der Waals surface area contributed by atoms with E-state index in [1.54, 1.807) is 0 Å². The zero-order chi connectivity index (χ0) is 36.8. The van der Waals surface area contributed by atoms with Gasteiger partial charge in [-0.05, 0) is 12.8 Å². The summed E-state index contributed by atoms with van der Waals surface area (Å²) in [5.41, 5.74) is 0. The van der Waals surface area contributed by atoms with Gasteiger partial charge in [0.15, 0.2) is 6.29 Å². The van der Waals surface area contributed by atoms with Crippen molar-refractivity contribution in [1.29, 1.82) is 0 Å².